The highest BCUT2D eigenvalue weighted by Crippen LogP contribution is 2.24. The molecule has 0 saturated carbocycles. The number of nitrogens with one attached hydrogen (secondary N) is 2. The maximum Gasteiger partial charge on any atom is 0.241 e. The first-order valence-electron chi connectivity index (χ1n) is 10.0. The molecule has 2 N–H and O–H groups in total. The fourth-order valence-electron chi connectivity index (χ4n) is 3.10. The van der Waals surface area contributed by atoms with Gasteiger partial charge in [-0.25, -0.2) is 13.1 Å². The Balaban J connectivity index is 1.77. The topological polar surface area (TPSA) is 84.5 Å². The molecule has 0 fully saturated rings. The number of rotatable bonds is 9. The zero-order valence-electron chi connectivity index (χ0n) is 17.8. The molecule has 0 saturated heterocycles. The lowest BCUT2D eigenvalue weighted by atomic mass is 10.0. The molecule has 1 amide bonds. The molecule has 32 heavy (non-hydrogen) atoms. The third kappa shape index (κ3) is 6.56. The van der Waals surface area contributed by atoms with Crippen molar-refractivity contribution in [3.63, 3.8) is 0 Å². The van der Waals surface area contributed by atoms with Crippen molar-refractivity contribution >= 4 is 27.5 Å². The van der Waals surface area contributed by atoms with Gasteiger partial charge in [0.15, 0.2) is 0 Å². The molecular formula is C24H25ClN2O4S. The highest BCUT2D eigenvalue weighted by Gasteiger charge is 2.24. The molecule has 6 nitrogen and oxygen atoms in total. The van der Waals surface area contributed by atoms with Crippen molar-refractivity contribution < 1.29 is 17.9 Å². The van der Waals surface area contributed by atoms with Gasteiger partial charge in [-0.15, -0.1) is 0 Å². The minimum atomic E-state index is -3.88. The van der Waals surface area contributed by atoms with E-state index in [1.54, 1.807) is 31.4 Å². The summed E-state index contributed by atoms with van der Waals surface area (Å²) in [6.45, 7) is 2.35. The van der Waals surface area contributed by atoms with Crippen LogP contribution in [0, 0.1) is 6.92 Å². The molecule has 8 heteroatoms. The average molecular weight is 473 g/mol. The van der Waals surface area contributed by atoms with Gasteiger partial charge in [0.05, 0.1) is 18.0 Å². The molecule has 0 aliphatic heterocycles. The molecular weight excluding hydrogens is 448 g/mol. The zero-order valence-corrected chi connectivity index (χ0v) is 19.4. The van der Waals surface area contributed by atoms with E-state index >= 15 is 0 Å². The van der Waals surface area contributed by atoms with E-state index in [-0.39, 0.29) is 17.2 Å². The molecule has 0 aromatic heterocycles. The number of methoxy groups -OCH3 is 1. The van der Waals surface area contributed by atoms with Crippen LogP contribution in [0.15, 0.2) is 77.7 Å². The number of hydrogen-bond acceptors (Lipinski definition) is 4. The second kappa shape index (κ2) is 10.6. The third-order valence-electron chi connectivity index (χ3n) is 4.94. The summed E-state index contributed by atoms with van der Waals surface area (Å²) in [4.78, 5) is 12.7. The van der Waals surface area contributed by atoms with E-state index in [0.29, 0.717) is 22.9 Å². The standard InChI is InChI=1S/C24H25ClN2O4S/c1-17-3-5-18(6-4-17)16-26-24(28)15-23(19-7-11-21(31-2)12-8-19)27-32(29,30)22-13-9-20(25)10-14-22/h3-14,23,27H,15-16H2,1-2H3,(H,26,28)/t23-/m0/s1. The Labute approximate surface area is 193 Å². The van der Waals surface area contributed by atoms with Crippen LogP contribution in [0.1, 0.15) is 29.2 Å². The van der Waals surface area contributed by atoms with Gasteiger partial charge >= 0.3 is 0 Å². The molecule has 0 radical (unpaired) electrons. The summed E-state index contributed by atoms with van der Waals surface area (Å²) in [7, 11) is -2.33. The summed E-state index contributed by atoms with van der Waals surface area (Å²) in [5, 5.41) is 3.29. The van der Waals surface area contributed by atoms with Gasteiger partial charge in [0.1, 0.15) is 5.75 Å². The van der Waals surface area contributed by atoms with Crippen LogP contribution in [0.4, 0.5) is 0 Å². The van der Waals surface area contributed by atoms with E-state index in [9.17, 15) is 13.2 Å². The number of halogens is 1. The molecule has 0 heterocycles. The summed E-state index contributed by atoms with van der Waals surface area (Å²) in [6.07, 6.45) is -0.0645. The molecule has 0 aliphatic rings. The third-order valence-corrected chi connectivity index (χ3v) is 6.68. The maximum atomic E-state index is 12.9. The first-order valence-corrected chi connectivity index (χ1v) is 11.9. The summed E-state index contributed by atoms with van der Waals surface area (Å²) in [5.74, 6) is 0.363. The van der Waals surface area contributed by atoms with Crippen LogP contribution >= 0.6 is 11.6 Å². The molecule has 0 spiro atoms. The lowest BCUT2D eigenvalue weighted by Gasteiger charge is -2.19. The maximum absolute atomic E-state index is 12.9. The summed E-state index contributed by atoms with van der Waals surface area (Å²) >= 11 is 5.87. The first kappa shape index (κ1) is 23.8. The highest BCUT2D eigenvalue weighted by molar-refractivity contribution is 7.89. The lowest BCUT2D eigenvalue weighted by molar-refractivity contribution is -0.121. The Kier molecular flexibility index (Phi) is 7.90. The average Bonchev–Trinajstić information content (AvgIpc) is 2.78. The Hall–Kier alpha value is -2.87. The van der Waals surface area contributed by atoms with Gasteiger partial charge in [-0.1, -0.05) is 53.6 Å². The van der Waals surface area contributed by atoms with Crippen molar-refractivity contribution in [2.45, 2.75) is 30.8 Å². The number of benzene rings is 3. The van der Waals surface area contributed by atoms with Crippen molar-refractivity contribution in [1.29, 1.82) is 0 Å². The van der Waals surface area contributed by atoms with E-state index < -0.39 is 16.1 Å². The summed E-state index contributed by atoms with van der Waals surface area (Å²) in [6, 6.07) is 19.9. The molecule has 0 aliphatic carbocycles. The van der Waals surface area contributed by atoms with Crippen LogP contribution in [0.25, 0.3) is 0 Å². The van der Waals surface area contributed by atoms with Crippen LogP contribution in [-0.2, 0) is 21.4 Å². The molecule has 3 aromatic rings. The number of carbonyl (C=O) groups is 1. The van der Waals surface area contributed by atoms with E-state index in [4.69, 9.17) is 16.3 Å². The minimum Gasteiger partial charge on any atom is -0.497 e. The molecule has 3 rings (SSSR count). The number of ether oxygens (including phenoxy) is 1. The van der Waals surface area contributed by atoms with Crippen molar-refractivity contribution in [1.82, 2.24) is 10.0 Å². The van der Waals surface area contributed by atoms with Crippen molar-refractivity contribution in [3.05, 3.63) is 94.5 Å². The van der Waals surface area contributed by atoms with E-state index in [1.165, 1.54) is 24.3 Å². The van der Waals surface area contributed by atoms with Gasteiger partial charge in [0.2, 0.25) is 15.9 Å². The monoisotopic (exact) mass is 472 g/mol. The van der Waals surface area contributed by atoms with Crippen LogP contribution in [0.2, 0.25) is 5.02 Å². The first-order chi connectivity index (χ1) is 15.3. The van der Waals surface area contributed by atoms with Crippen molar-refractivity contribution in [2.24, 2.45) is 0 Å². The molecule has 3 aromatic carbocycles. The Morgan fingerprint density at radius 3 is 2.19 bits per heavy atom. The number of amides is 1. The summed E-state index contributed by atoms with van der Waals surface area (Å²) in [5.41, 5.74) is 2.75. The molecule has 168 valence electrons. The minimum absolute atomic E-state index is 0.0645. The fraction of sp³-hybridized carbons (Fsp3) is 0.208. The number of sulfonamides is 1. The van der Waals surface area contributed by atoms with E-state index in [1.807, 2.05) is 31.2 Å². The van der Waals surface area contributed by atoms with Crippen LogP contribution in [0.5, 0.6) is 5.75 Å². The van der Waals surface area contributed by atoms with Crippen molar-refractivity contribution in [2.75, 3.05) is 7.11 Å². The van der Waals surface area contributed by atoms with Gasteiger partial charge in [0, 0.05) is 18.0 Å². The molecule has 0 bridgehead atoms. The SMILES string of the molecule is COc1ccc([C@H](CC(=O)NCc2ccc(C)cc2)NS(=O)(=O)c2ccc(Cl)cc2)cc1. The van der Waals surface area contributed by atoms with Crippen molar-refractivity contribution in [3.8, 4) is 5.75 Å². The number of carbonyl (C=O) groups excluding carboxylic acids is 1. The Morgan fingerprint density at radius 1 is 0.969 bits per heavy atom. The zero-order chi connectivity index (χ0) is 23.1. The molecule has 0 unspecified atom stereocenters. The van der Waals surface area contributed by atoms with E-state index in [2.05, 4.69) is 10.0 Å². The fourth-order valence-corrected chi connectivity index (χ4v) is 4.45. The number of hydrogen-bond donors (Lipinski definition) is 2. The quantitative estimate of drug-likeness (QED) is 0.484. The van der Waals surface area contributed by atoms with Crippen LogP contribution in [-0.4, -0.2) is 21.4 Å². The van der Waals surface area contributed by atoms with Gasteiger partial charge < -0.3 is 10.1 Å². The summed E-state index contributed by atoms with van der Waals surface area (Å²) < 4.78 is 33.7. The largest absolute Gasteiger partial charge is 0.497 e. The normalized spacial score (nSPS) is 12.2. The van der Waals surface area contributed by atoms with Gasteiger partial charge in [-0.05, 0) is 54.4 Å². The second-order valence-corrected chi connectivity index (χ2v) is 9.52. The number of aryl methyl sites for hydroxylation is 1. The predicted octanol–water partition coefficient (Wildman–Crippen LogP) is 4.38. The van der Waals surface area contributed by atoms with Gasteiger partial charge in [-0.3, -0.25) is 4.79 Å². The van der Waals surface area contributed by atoms with Crippen LogP contribution < -0.4 is 14.8 Å². The lowest BCUT2D eigenvalue weighted by Crippen LogP contribution is -2.33. The second-order valence-electron chi connectivity index (χ2n) is 7.37. The predicted molar refractivity (Wildman–Crippen MR) is 125 cm³/mol. The Bertz CT molecular complexity index is 1150. The highest BCUT2D eigenvalue weighted by atomic mass is 35.5. The van der Waals surface area contributed by atoms with Gasteiger partial charge in [-0.2, -0.15) is 0 Å². The Morgan fingerprint density at radius 2 is 1.59 bits per heavy atom. The molecule has 1 atom stereocenters. The van der Waals surface area contributed by atoms with Crippen LogP contribution in [0.3, 0.4) is 0 Å². The van der Waals surface area contributed by atoms with Gasteiger partial charge in [0.25, 0.3) is 0 Å². The smallest absolute Gasteiger partial charge is 0.241 e. The van der Waals surface area contributed by atoms with E-state index in [0.717, 1.165) is 11.1 Å².